The van der Waals surface area contributed by atoms with Gasteiger partial charge in [-0.05, 0) is 57.2 Å². The van der Waals surface area contributed by atoms with Gasteiger partial charge in [0.25, 0.3) is 5.91 Å². The predicted molar refractivity (Wildman–Crippen MR) is 102 cm³/mol. The molecule has 2 rings (SSSR count). The monoisotopic (exact) mass is 339 g/mol. The number of nitrogens with one attached hydrogen (secondary N) is 2. The van der Waals surface area contributed by atoms with Gasteiger partial charge in [0.1, 0.15) is 0 Å². The van der Waals surface area contributed by atoms with Crippen LogP contribution in [0.25, 0.3) is 0 Å². The normalized spacial score (nSPS) is 10.4. The summed E-state index contributed by atoms with van der Waals surface area (Å²) < 4.78 is 0. The molecule has 0 spiro atoms. The van der Waals surface area contributed by atoms with Gasteiger partial charge in [0.05, 0.1) is 6.54 Å². The molecule has 132 valence electrons. The van der Waals surface area contributed by atoms with Crippen molar-refractivity contribution in [1.29, 1.82) is 0 Å². The summed E-state index contributed by atoms with van der Waals surface area (Å²) in [4.78, 5) is 26.2. The average Bonchev–Trinajstić information content (AvgIpc) is 2.62. The SMILES string of the molecule is CCN(c1ccc(NC(=O)CNC(=O)c2ccccc2)cc1)C(C)C. The second kappa shape index (κ2) is 8.87. The Bertz CT molecular complexity index is 697. The number of carbonyl (C=O) groups excluding carboxylic acids is 2. The molecule has 2 N–H and O–H groups in total. The summed E-state index contributed by atoms with van der Waals surface area (Å²) in [5.74, 6) is -0.519. The molecule has 0 unspecified atom stereocenters. The van der Waals surface area contributed by atoms with Gasteiger partial charge in [-0.1, -0.05) is 18.2 Å². The first-order valence-corrected chi connectivity index (χ1v) is 8.51. The standard InChI is InChI=1S/C20H25N3O2/c1-4-23(15(2)3)18-12-10-17(11-13-18)22-19(24)14-21-20(25)16-8-6-5-7-9-16/h5-13,15H,4,14H2,1-3H3,(H,21,25)(H,22,24). The van der Waals surface area contributed by atoms with Crippen LogP contribution in [-0.2, 0) is 4.79 Å². The lowest BCUT2D eigenvalue weighted by Crippen LogP contribution is -2.33. The molecular weight excluding hydrogens is 314 g/mol. The fourth-order valence-electron chi connectivity index (χ4n) is 2.64. The van der Waals surface area contributed by atoms with Gasteiger partial charge < -0.3 is 15.5 Å². The minimum absolute atomic E-state index is 0.0669. The molecule has 5 heteroatoms. The van der Waals surface area contributed by atoms with Crippen LogP contribution in [0.2, 0.25) is 0 Å². The highest BCUT2D eigenvalue weighted by Crippen LogP contribution is 2.19. The van der Waals surface area contributed by atoms with Crippen LogP contribution in [0.15, 0.2) is 54.6 Å². The van der Waals surface area contributed by atoms with Gasteiger partial charge in [-0.15, -0.1) is 0 Å². The summed E-state index contributed by atoms with van der Waals surface area (Å²) in [7, 11) is 0. The number of anilines is 2. The third-order valence-electron chi connectivity index (χ3n) is 3.89. The van der Waals surface area contributed by atoms with Crippen molar-refractivity contribution in [2.45, 2.75) is 26.8 Å². The molecule has 0 fully saturated rings. The summed E-state index contributed by atoms with van der Waals surface area (Å²) in [5.41, 5.74) is 2.36. The summed E-state index contributed by atoms with van der Waals surface area (Å²) in [6.07, 6.45) is 0. The molecule has 2 amide bonds. The van der Waals surface area contributed by atoms with Crippen molar-refractivity contribution in [3.8, 4) is 0 Å². The first-order valence-electron chi connectivity index (χ1n) is 8.51. The van der Waals surface area contributed by atoms with Crippen LogP contribution in [0.5, 0.6) is 0 Å². The third kappa shape index (κ3) is 5.35. The minimum Gasteiger partial charge on any atom is -0.369 e. The van der Waals surface area contributed by atoms with Crippen molar-refractivity contribution >= 4 is 23.2 Å². The topological polar surface area (TPSA) is 61.4 Å². The van der Waals surface area contributed by atoms with Gasteiger partial charge in [-0.3, -0.25) is 9.59 Å². The van der Waals surface area contributed by atoms with Gasteiger partial charge in [-0.25, -0.2) is 0 Å². The van der Waals surface area contributed by atoms with Crippen LogP contribution in [-0.4, -0.2) is 30.9 Å². The Balaban J connectivity index is 1.87. The zero-order valence-electron chi connectivity index (χ0n) is 15.0. The van der Waals surface area contributed by atoms with Crippen molar-refractivity contribution in [3.05, 3.63) is 60.2 Å². The van der Waals surface area contributed by atoms with E-state index in [1.54, 1.807) is 24.3 Å². The van der Waals surface area contributed by atoms with E-state index in [0.717, 1.165) is 12.2 Å². The van der Waals surface area contributed by atoms with E-state index in [2.05, 4.69) is 36.3 Å². The van der Waals surface area contributed by atoms with Gasteiger partial charge in [0, 0.05) is 29.5 Å². The summed E-state index contributed by atoms with van der Waals surface area (Å²) >= 11 is 0. The number of rotatable bonds is 7. The molecule has 0 saturated carbocycles. The highest BCUT2D eigenvalue weighted by molar-refractivity contribution is 5.99. The molecule has 0 bridgehead atoms. The van der Waals surface area contributed by atoms with Crippen molar-refractivity contribution < 1.29 is 9.59 Å². The molecule has 0 heterocycles. The van der Waals surface area contributed by atoms with Gasteiger partial charge >= 0.3 is 0 Å². The predicted octanol–water partition coefficient (Wildman–Crippen LogP) is 3.29. The molecule has 0 aliphatic heterocycles. The maximum Gasteiger partial charge on any atom is 0.251 e. The van der Waals surface area contributed by atoms with Crippen LogP contribution in [0.3, 0.4) is 0 Å². The maximum atomic E-state index is 12.0. The fraction of sp³-hybridized carbons (Fsp3) is 0.300. The number of amides is 2. The second-order valence-corrected chi connectivity index (χ2v) is 6.02. The molecule has 5 nitrogen and oxygen atoms in total. The van der Waals surface area contributed by atoms with Crippen molar-refractivity contribution in [2.75, 3.05) is 23.3 Å². The molecule has 0 aliphatic rings. The number of carbonyl (C=O) groups is 2. The summed E-state index contributed by atoms with van der Waals surface area (Å²) in [6.45, 7) is 7.27. The summed E-state index contributed by atoms with van der Waals surface area (Å²) in [6, 6.07) is 17.0. The second-order valence-electron chi connectivity index (χ2n) is 6.02. The fourth-order valence-corrected chi connectivity index (χ4v) is 2.64. The number of hydrogen-bond acceptors (Lipinski definition) is 3. The third-order valence-corrected chi connectivity index (χ3v) is 3.89. The van der Waals surface area contributed by atoms with Crippen LogP contribution in [0.4, 0.5) is 11.4 Å². The van der Waals surface area contributed by atoms with Crippen LogP contribution >= 0.6 is 0 Å². The largest absolute Gasteiger partial charge is 0.369 e. The van der Waals surface area contributed by atoms with Gasteiger partial charge in [-0.2, -0.15) is 0 Å². The van der Waals surface area contributed by atoms with Crippen molar-refractivity contribution in [3.63, 3.8) is 0 Å². The molecule has 0 saturated heterocycles. The lowest BCUT2D eigenvalue weighted by atomic mass is 10.2. The zero-order valence-corrected chi connectivity index (χ0v) is 15.0. The highest BCUT2D eigenvalue weighted by atomic mass is 16.2. The Morgan fingerprint density at radius 2 is 1.64 bits per heavy atom. The molecule has 2 aromatic carbocycles. The van der Waals surface area contributed by atoms with Crippen molar-refractivity contribution in [1.82, 2.24) is 5.32 Å². The Labute approximate surface area is 149 Å². The number of benzene rings is 2. The van der Waals surface area contributed by atoms with Crippen LogP contribution in [0, 0.1) is 0 Å². The molecule has 0 aliphatic carbocycles. The van der Waals surface area contributed by atoms with E-state index in [0.29, 0.717) is 17.3 Å². The molecule has 25 heavy (non-hydrogen) atoms. The highest BCUT2D eigenvalue weighted by Gasteiger charge is 2.10. The molecular formula is C20H25N3O2. The molecule has 0 atom stereocenters. The van der Waals surface area contributed by atoms with E-state index in [1.807, 2.05) is 30.3 Å². The smallest absolute Gasteiger partial charge is 0.251 e. The molecule has 2 aromatic rings. The van der Waals surface area contributed by atoms with Crippen molar-refractivity contribution in [2.24, 2.45) is 0 Å². The quantitative estimate of drug-likeness (QED) is 0.814. The maximum absolute atomic E-state index is 12.0. The lowest BCUT2D eigenvalue weighted by molar-refractivity contribution is -0.115. The van der Waals surface area contributed by atoms with Gasteiger partial charge in [0.15, 0.2) is 0 Å². The zero-order chi connectivity index (χ0) is 18.2. The van der Waals surface area contributed by atoms with E-state index in [-0.39, 0.29) is 18.4 Å². The van der Waals surface area contributed by atoms with Gasteiger partial charge in [0.2, 0.25) is 5.91 Å². The Hall–Kier alpha value is -2.82. The Kier molecular flexibility index (Phi) is 6.57. The van der Waals surface area contributed by atoms with E-state index in [4.69, 9.17) is 0 Å². The molecule has 0 radical (unpaired) electrons. The first kappa shape index (κ1) is 18.5. The average molecular weight is 339 g/mol. The van der Waals surface area contributed by atoms with E-state index in [9.17, 15) is 9.59 Å². The first-order chi connectivity index (χ1) is 12.0. The van der Waals surface area contributed by atoms with Crippen LogP contribution in [0.1, 0.15) is 31.1 Å². The van der Waals surface area contributed by atoms with Crippen LogP contribution < -0.4 is 15.5 Å². The minimum atomic E-state index is -0.262. The van der Waals surface area contributed by atoms with E-state index < -0.39 is 0 Å². The van der Waals surface area contributed by atoms with E-state index in [1.165, 1.54) is 0 Å². The Morgan fingerprint density at radius 3 is 2.20 bits per heavy atom. The van der Waals surface area contributed by atoms with E-state index >= 15 is 0 Å². The lowest BCUT2D eigenvalue weighted by Gasteiger charge is -2.27. The Morgan fingerprint density at radius 1 is 1.00 bits per heavy atom. The summed E-state index contributed by atoms with van der Waals surface area (Å²) in [5, 5.41) is 5.40. The molecule has 0 aromatic heterocycles. The number of nitrogens with zero attached hydrogens (tertiary/aromatic N) is 1. The number of hydrogen-bond donors (Lipinski definition) is 2.